The third-order valence-electron chi connectivity index (χ3n) is 2.00. The number of anilines is 1. The summed E-state index contributed by atoms with van der Waals surface area (Å²) in [6, 6.07) is 3.92. The molecule has 3 nitrogen and oxygen atoms in total. The van der Waals surface area contributed by atoms with Gasteiger partial charge in [-0.15, -0.1) is 0 Å². The molecule has 0 unspecified atom stereocenters. The molecule has 0 bridgehead atoms. The highest BCUT2D eigenvalue weighted by Gasteiger charge is 2.30. The zero-order chi connectivity index (χ0) is 12.2. The summed E-state index contributed by atoms with van der Waals surface area (Å²) in [5, 5.41) is 20.1. The van der Waals surface area contributed by atoms with Crippen molar-refractivity contribution in [2.24, 2.45) is 0 Å². The van der Waals surface area contributed by atoms with Gasteiger partial charge in [0.05, 0.1) is 24.8 Å². The average Bonchev–Trinajstić information content (AvgIpc) is 2.25. The molecular weight excluding hydrogens is 223 g/mol. The number of rotatable bonds is 4. The van der Waals surface area contributed by atoms with E-state index >= 15 is 0 Å². The third-order valence-corrected chi connectivity index (χ3v) is 2.00. The van der Waals surface area contributed by atoms with Crippen LogP contribution in [0.4, 0.5) is 18.9 Å². The Balaban J connectivity index is 2.82. The van der Waals surface area contributed by atoms with Crippen LogP contribution in [0.2, 0.25) is 0 Å². The average molecular weight is 235 g/mol. The van der Waals surface area contributed by atoms with Crippen LogP contribution in [-0.2, 0) is 6.18 Å². The molecule has 1 rings (SSSR count). The molecule has 0 aliphatic carbocycles. The van der Waals surface area contributed by atoms with Crippen molar-refractivity contribution in [2.75, 3.05) is 18.5 Å². The fraction of sp³-hybridized carbons (Fsp3) is 0.400. The zero-order valence-electron chi connectivity index (χ0n) is 8.33. The number of halogens is 3. The van der Waals surface area contributed by atoms with Gasteiger partial charge in [-0.3, -0.25) is 0 Å². The van der Waals surface area contributed by atoms with E-state index in [-0.39, 0.29) is 18.9 Å². The molecule has 0 aliphatic heterocycles. The second-order valence-corrected chi connectivity index (χ2v) is 3.28. The number of hydrogen-bond donors (Lipinski definition) is 3. The van der Waals surface area contributed by atoms with Gasteiger partial charge in [-0.25, -0.2) is 0 Å². The SMILES string of the molecule is OCC(CO)Nc1cccc(C(F)(F)F)c1. The molecule has 1 aromatic rings. The lowest BCUT2D eigenvalue weighted by atomic mass is 10.2. The van der Waals surface area contributed by atoms with Gasteiger partial charge in [0.25, 0.3) is 0 Å². The molecule has 0 atom stereocenters. The van der Waals surface area contributed by atoms with Gasteiger partial charge in [0.2, 0.25) is 0 Å². The van der Waals surface area contributed by atoms with Crippen LogP contribution in [0.15, 0.2) is 24.3 Å². The summed E-state index contributed by atoms with van der Waals surface area (Å²) >= 11 is 0. The Hall–Kier alpha value is -1.27. The molecule has 0 fully saturated rings. The van der Waals surface area contributed by atoms with Gasteiger partial charge in [-0.05, 0) is 18.2 Å². The van der Waals surface area contributed by atoms with Crippen LogP contribution in [0.3, 0.4) is 0 Å². The molecule has 0 aliphatic rings. The molecule has 0 radical (unpaired) electrons. The van der Waals surface area contributed by atoms with Crippen LogP contribution in [0.1, 0.15) is 5.56 Å². The van der Waals surface area contributed by atoms with Crippen LogP contribution in [0, 0.1) is 0 Å². The molecule has 3 N–H and O–H groups in total. The molecule has 0 amide bonds. The first-order valence-electron chi connectivity index (χ1n) is 4.63. The molecule has 0 saturated carbocycles. The summed E-state index contributed by atoms with van der Waals surface area (Å²) in [6.45, 7) is -0.709. The minimum Gasteiger partial charge on any atom is -0.394 e. The lowest BCUT2D eigenvalue weighted by molar-refractivity contribution is -0.137. The van der Waals surface area contributed by atoms with Crippen LogP contribution in [0.25, 0.3) is 0 Å². The smallest absolute Gasteiger partial charge is 0.394 e. The quantitative estimate of drug-likeness (QED) is 0.740. The molecule has 6 heteroatoms. The predicted molar refractivity (Wildman–Crippen MR) is 53.0 cm³/mol. The van der Waals surface area contributed by atoms with Crippen molar-refractivity contribution < 1.29 is 23.4 Å². The number of aliphatic hydroxyl groups excluding tert-OH is 2. The monoisotopic (exact) mass is 235 g/mol. The summed E-state index contributed by atoms with van der Waals surface area (Å²) in [7, 11) is 0. The fourth-order valence-electron chi connectivity index (χ4n) is 1.17. The molecule has 16 heavy (non-hydrogen) atoms. The summed E-state index contributed by atoms with van der Waals surface area (Å²) in [5.41, 5.74) is -0.560. The first-order chi connectivity index (χ1) is 7.47. The number of benzene rings is 1. The highest BCUT2D eigenvalue weighted by atomic mass is 19.4. The molecule has 0 aromatic heterocycles. The van der Waals surface area contributed by atoms with E-state index in [0.29, 0.717) is 0 Å². The number of nitrogens with one attached hydrogen (secondary N) is 1. The van der Waals surface area contributed by atoms with Crippen molar-refractivity contribution in [1.29, 1.82) is 0 Å². The first kappa shape index (κ1) is 12.8. The van der Waals surface area contributed by atoms with Gasteiger partial charge in [0.15, 0.2) is 0 Å². The summed E-state index contributed by atoms with van der Waals surface area (Å²) in [5.74, 6) is 0. The maximum absolute atomic E-state index is 12.3. The molecular formula is C10H12F3NO2. The zero-order valence-corrected chi connectivity index (χ0v) is 8.33. The molecule has 0 spiro atoms. The predicted octanol–water partition coefficient (Wildman–Crippen LogP) is 1.47. The minimum absolute atomic E-state index is 0.211. The Labute approximate surface area is 90.5 Å². The largest absolute Gasteiger partial charge is 0.416 e. The Kier molecular flexibility index (Phi) is 4.14. The maximum atomic E-state index is 12.3. The van der Waals surface area contributed by atoms with Crippen LogP contribution >= 0.6 is 0 Å². The second-order valence-electron chi connectivity index (χ2n) is 3.28. The maximum Gasteiger partial charge on any atom is 0.416 e. The van der Waals surface area contributed by atoms with Gasteiger partial charge in [0.1, 0.15) is 0 Å². The van der Waals surface area contributed by atoms with Crippen LogP contribution in [0.5, 0.6) is 0 Å². The number of aliphatic hydroxyl groups is 2. The minimum atomic E-state index is -4.40. The summed E-state index contributed by atoms with van der Waals surface area (Å²) < 4.78 is 37.0. The molecule has 90 valence electrons. The van der Waals surface area contributed by atoms with Crippen molar-refractivity contribution in [2.45, 2.75) is 12.2 Å². The third kappa shape index (κ3) is 3.39. The van der Waals surface area contributed by atoms with E-state index in [9.17, 15) is 13.2 Å². The summed E-state index contributed by atoms with van der Waals surface area (Å²) in [6.07, 6.45) is -4.40. The number of alkyl halides is 3. The van der Waals surface area contributed by atoms with E-state index in [4.69, 9.17) is 10.2 Å². The van der Waals surface area contributed by atoms with Crippen molar-refractivity contribution in [3.63, 3.8) is 0 Å². The Morgan fingerprint density at radius 2 is 1.81 bits per heavy atom. The van der Waals surface area contributed by atoms with E-state index < -0.39 is 17.8 Å². The normalized spacial score (nSPS) is 11.9. The van der Waals surface area contributed by atoms with Gasteiger partial charge in [-0.2, -0.15) is 13.2 Å². The van der Waals surface area contributed by atoms with Gasteiger partial charge < -0.3 is 15.5 Å². The molecule has 0 heterocycles. The fourth-order valence-corrected chi connectivity index (χ4v) is 1.17. The van der Waals surface area contributed by atoms with Gasteiger partial charge in [-0.1, -0.05) is 6.07 Å². The van der Waals surface area contributed by atoms with Crippen molar-refractivity contribution in [3.05, 3.63) is 29.8 Å². The van der Waals surface area contributed by atoms with Crippen molar-refractivity contribution in [3.8, 4) is 0 Å². The Morgan fingerprint density at radius 1 is 1.19 bits per heavy atom. The van der Waals surface area contributed by atoms with Crippen molar-refractivity contribution in [1.82, 2.24) is 0 Å². The van der Waals surface area contributed by atoms with E-state index in [1.165, 1.54) is 12.1 Å². The van der Waals surface area contributed by atoms with Crippen molar-refractivity contribution >= 4 is 5.69 Å². The molecule has 0 saturated heterocycles. The highest BCUT2D eigenvalue weighted by Crippen LogP contribution is 2.30. The van der Waals surface area contributed by atoms with Gasteiger partial charge >= 0.3 is 6.18 Å². The van der Waals surface area contributed by atoms with Gasteiger partial charge in [0, 0.05) is 5.69 Å². The van der Waals surface area contributed by atoms with E-state index in [1.54, 1.807) is 0 Å². The van der Waals surface area contributed by atoms with Crippen LogP contribution < -0.4 is 5.32 Å². The molecule has 1 aromatic carbocycles. The Morgan fingerprint density at radius 3 is 2.31 bits per heavy atom. The first-order valence-corrected chi connectivity index (χ1v) is 4.63. The summed E-state index contributed by atoms with van der Waals surface area (Å²) in [4.78, 5) is 0. The standard InChI is InChI=1S/C10H12F3NO2/c11-10(12,13)7-2-1-3-8(4-7)14-9(5-15)6-16/h1-4,9,14-16H,5-6H2. The van der Waals surface area contributed by atoms with E-state index in [2.05, 4.69) is 5.32 Å². The van der Waals surface area contributed by atoms with Crippen LogP contribution in [-0.4, -0.2) is 29.5 Å². The topological polar surface area (TPSA) is 52.5 Å². The lowest BCUT2D eigenvalue weighted by Gasteiger charge is -2.16. The highest BCUT2D eigenvalue weighted by molar-refractivity contribution is 5.47. The Bertz CT molecular complexity index is 337. The lowest BCUT2D eigenvalue weighted by Crippen LogP contribution is -2.27. The van der Waals surface area contributed by atoms with E-state index in [0.717, 1.165) is 12.1 Å². The van der Waals surface area contributed by atoms with E-state index in [1.807, 2.05) is 0 Å². The number of hydrogen-bond acceptors (Lipinski definition) is 3. The second kappa shape index (κ2) is 5.18.